The number of rotatable bonds is 6. The predicted octanol–water partition coefficient (Wildman–Crippen LogP) is 5.55. The Morgan fingerprint density at radius 2 is 1.76 bits per heavy atom. The van der Waals surface area contributed by atoms with Gasteiger partial charge in [-0.2, -0.15) is 4.98 Å². The van der Waals surface area contributed by atoms with E-state index in [2.05, 4.69) is 20.6 Å². The lowest BCUT2D eigenvalue weighted by Crippen LogP contribution is -2.06. The number of aromatic nitrogens is 2. The summed E-state index contributed by atoms with van der Waals surface area (Å²) in [5.41, 5.74) is 2.22. The van der Waals surface area contributed by atoms with Crippen LogP contribution in [-0.4, -0.2) is 14.9 Å². The molecule has 2 N–H and O–H groups in total. The standard InChI is InChI=1S/C21H16ClN5O2/c22-18-10-3-1-6-14(18)13-23-20-17-9-2-4-11-19(17)25-21(26-20)24-15-7-5-8-16(12-15)27(28)29/h1-12H,13H2,(H2,23,24,25,26). The van der Waals surface area contributed by atoms with E-state index in [-0.39, 0.29) is 5.69 Å². The minimum atomic E-state index is -0.441. The van der Waals surface area contributed by atoms with Crippen molar-refractivity contribution in [1.82, 2.24) is 9.97 Å². The molecule has 8 heteroatoms. The fraction of sp³-hybridized carbons (Fsp3) is 0.0476. The normalized spacial score (nSPS) is 10.7. The van der Waals surface area contributed by atoms with E-state index in [1.165, 1.54) is 12.1 Å². The summed E-state index contributed by atoms with van der Waals surface area (Å²) in [5.74, 6) is 0.981. The molecule has 0 radical (unpaired) electrons. The Balaban J connectivity index is 1.66. The highest BCUT2D eigenvalue weighted by Gasteiger charge is 2.10. The Labute approximate surface area is 171 Å². The molecular weight excluding hydrogens is 390 g/mol. The molecule has 1 aromatic heterocycles. The topological polar surface area (TPSA) is 93.0 Å². The van der Waals surface area contributed by atoms with Crippen LogP contribution in [0.25, 0.3) is 10.9 Å². The second-order valence-electron chi connectivity index (χ2n) is 6.29. The minimum Gasteiger partial charge on any atom is -0.365 e. The van der Waals surface area contributed by atoms with E-state index in [4.69, 9.17) is 11.6 Å². The number of para-hydroxylation sites is 1. The Morgan fingerprint density at radius 3 is 2.59 bits per heavy atom. The molecule has 4 aromatic rings. The summed E-state index contributed by atoms with van der Waals surface area (Å²) in [4.78, 5) is 19.7. The molecule has 0 aliphatic carbocycles. The highest BCUT2D eigenvalue weighted by molar-refractivity contribution is 6.31. The zero-order chi connectivity index (χ0) is 20.2. The molecule has 0 unspecified atom stereocenters. The zero-order valence-corrected chi connectivity index (χ0v) is 15.9. The predicted molar refractivity (Wildman–Crippen MR) is 115 cm³/mol. The average molecular weight is 406 g/mol. The molecule has 0 amide bonds. The molecular formula is C21H16ClN5O2. The summed E-state index contributed by atoms with van der Waals surface area (Å²) in [6.07, 6.45) is 0. The minimum absolute atomic E-state index is 0.00661. The number of nitro benzene ring substituents is 1. The van der Waals surface area contributed by atoms with Gasteiger partial charge in [0.15, 0.2) is 0 Å². The molecule has 7 nitrogen and oxygen atoms in total. The largest absolute Gasteiger partial charge is 0.365 e. The van der Waals surface area contributed by atoms with Crippen molar-refractivity contribution < 1.29 is 4.92 Å². The van der Waals surface area contributed by atoms with Gasteiger partial charge in [-0.15, -0.1) is 0 Å². The van der Waals surface area contributed by atoms with Crippen LogP contribution in [-0.2, 0) is 6.54 Å². The summed E-state index contributed by atoms with van der Waals surface area (Å²) in [6.45, 7) is 0.497. The van der Waals surface area contributed by atoms with Crippen LogP contribution >= 0.6 is 11.6 Å². The summed E-state index contributed by atoms with van der Waals surface area (Å²) < 4.78 is 0. The van der Waals surface area contributed by atoms with Gasteiger partial charge >= 0.3 is 0 Å². The maximum Gasteiger partial charge on any atom is 0.271 e. The summed E-state index contributed by atoms with van der Waals surface area (Å²) in [6, 6.07) is 21.4. The highest BCUT2D eigenvalue weighted by Crippen LogP contribution is 2.26. The Hall–Kier alpha value is -3.71. The van der Waals surface area contributed by atoms with Gasteiger partial charge in [-0.05, 0) is 29.8 Å². The SMILES string of the molecule is O=[N+]([O-])c1cccc(Nc2nc(NCc3ccccc3Cl)c3ccccc3n2)c1. The van der Waals surface area contributed by atoms with Crippen molar-refractivity contribution in [3.63, 3.8) is 0 Å². The molecule has 3 aromatic carbocycles. The van der Waals surface area contributed by atoms with Crippen molar-refractivity contribution in [1.29, 1.82) is 0 Å². The number of non-ortho nitro benzene ring substituents is 1. The van der Waals surface area contributed by atoms with Crippen LogP contribution in [0.2, 0.25) is 5.02 Å². The van der Waals surface area contributed by atoms with E-state index in [1.807, 2.05) is 48.5 Å². The molecule has 4 rings (SSSR count). The molecule has 0 saturated heterocycles. The summed E-state index contributed by atoms with van der Waals surface area (Å²) in [7, 11) is 0. The number of hydrogen-bond acceptors (Lipinski definition) is 6. The quantitative estimate of drug-likeness (QED) is 0.323. The maximum absolute atomic E-state index is 11.0. The highest BCUT2D eigenvalue weighted by atomic mass is 35.5. The smallest absolute Gasteiger partial charge is 0.271 e. The lowest BCUT2D eigenvalue weighted by atomic mass is 10.2. The second-order valence-corrected chi connectivity index (χ2v) is 6.70. The van der Waals surface area contributed by atoms with Gasteiger partial charge in [0.2, 0.25) is 5.95 Å². The fourth-order valence-corrected chi connectivity index (χ4v) is 3.12. The first kappa shape index (κ1) is 18.6. The number of nitrogens with one attached hydrogen (secondary N) is 2. The van der Waals surface area contributed by atoms with Gasteiger partial charge < -0.3 is 10.6 Å². The van der Waals surface area contributed by atoms with Crippen molar-refractivity contribution in [2.75, 3.05) is 10.6 Å². The van der Waals surface area contributed by atoms with Gasteiger partial charge in [0.25, 0.3) is 5.69 Å². The molecule has 144 valence electrons. The van der Waals surface area contributed by atoms with Gasteiger partial charge in [-0.25, -0.2) is 4.98 Å². The first-order valence-electron chi connectivity index (χ1n) is 8.86. The van der Waals surface area contributed by atoms with Crippen LogP contribution in [0.3, 0.4) is 0 Å². The third kappa shape index (κ3) is 4.25. The third-order valence-electron chi connectivity index (χ3n) is 4.32. The number of fused-ring (bicyclic) bond motifs is 1. The second kappa shape index (κ2) is 8.12. The molecule has 29 heavy (non-hydrogen) atoms. The van der Waals surface area contributed by atoms with E-state index >= 15 is 0 Å². The van der Waals surface area contributed by atoms with Crippen molar-refractivity contribution >= 4 is 45.6 Å². The van der Waals surface area contributed by atoms with Crippen molar-refractivity contribution in [2.45, 2.75) is 6.54 Å². The first-order valence-corrected chi connectivity index (χ1v) is 9.23. The van der Waals surface area contributed by atoms with E-state index in [9.17, 15) is 10.1 Å². The number of anilines is 3. The molecule has 0 saturated carbocycles. The van der Waals surface area contributed by atoms with Gasteiger partial charge in [-0.3, -0.25) is 10.1 Å². The van der Waals surface area contributed by atoms with Crippen LogP contribution in [0, 0.1) is 10.1 Å². The Kier molecular flexibility index (Phi) is 5.22. The number of nitrogens with zero attached hydrogens (tertiary/aromatic N) is 3. The zero-order valence-electron chi connectivity index (χ0n) is 15.2. The molecule has 0 bridgehead atoms. The van der Waals surface area contributed by atoms with Crippen LogP contribution in [0.4, 0.5) is 23.1 Å². The van der Waals surface area contributed by atoms with Gasteiger partial charge in [0, 0.05) is 34.8 Å². The molecule has 0 fully saturated rings. The van der Waals surface area contributed by atoms with Crippen molar-refractivity contribution in [3.8, 4) is 0 Å². The molecule has 0 spiro atoms. The monoisotopic (exact) mass is 405 g/mol. The fourth-order valence-electron chi connectivity index (χ4n) is 2.91. The Morgan fingerprint density at radius 1 is 0.966 bits per heavy atom. The lowest BCUT2D eigenvalue weighted by molar-refractivity contribution is -0.384. The number of hydrogen-bond donors (Lipinski definition) is 2. The van der Waals surface area contributed by atoms with E-state index in [0.717, 1.165) is 16.5 Å². The van der Waals surface area contributed by atoms with E-state index in [1.54, 1.807) is 12.1 Å². The first-order chi connectivity index (χ1) is 14.1. The summed E-state index contributed by atoms with van der Waals surface area (Å²) >= 11 is 6.25. The van der Waals surface area contributed by atoms with Gasteiger partial charge in [0.1, 0.15) is 5.82 Å². The van der Waals surface area contributed by atoms with Crippen LogP contribution in [0.5, 0.6) is 0 Å². The molecule has 0 atom stereocenters. The van der Waals surface area contributed by atoms with Crippen molar-refractivity contribution in [3.05, 3.63) is 93.5 Å². The average Bonchev–Trinajstić information content (AvgIpc) is 2.73. The van der Waals surface area contributed by atoms with Crippen LogP contribution in [0.1, 0.15) is 5.56 Å². The third-order valence-corrected chi connectivity index (χ3v) is 4.69. The van der Waals surface area contributed by atoms with Gasteiger partial charge in [-0.1, -0.05) is 48.0 Å². The molecule has 0 aliphatic heterocycles. The van der Waals surface area contributed by atoms with Gasteiger partial charge in [0.05, 0.1) is 10.4 Å². The summed E-state index contributed by atoms with van der Waals surface area (Å²) in [5, 5.41) is 18.9. The van der Waals surface area contributed by atoms with Crippen LogP contribution < -0.4 is 10.6 Å². The Bertz CT molecular complexity index is 1200. The van der Waals surface area contributed by atoms with E-state index in [0.29, 0.717) is 29.0 Å². The molecule has 1 heterocycles. The van der Waals surface area contributed by atoms with E-state index < -0.39 is 4.92 Å². The number of halogens is 1. The maximum atomic E-state index is 11.0. The van der Waals surface area contributed by atoms with Crippen LogP contribution in [0.15, 0.2) is 72.8 Å². The molecule has 0 aliphatic rings. The lowest BCUT2D eigenvalue weighted by Gasteiger charge is -2.12. The number of nitro groups is 1. The van der Waals surface area contributed by atoms with Crippen molar-refractivity contribution in [2.24, 2.45) is 0 Å². The number of benzene rings is 3.